The minimum absolute atomic E-state index is 0.0869. The van der Waals surface area contributed by atoms with Crippen LogP contribution in [0, 0.1) is 0 Å². The van der Waals surface area contributed by atoms with E-state index in [1.54, 1.807) is 0 Å². The molecule has 0 radical (unpaired) electrons. The summed E-state index contributed by atoms with van der Waals surface area (Å²) in [4.78, 5) is 25.4. The molecule has 88 valence electrons. The Labute approximate surface area is 89.9 Å². The second kappa shape index (κ2) is 5.66. The summed E-state index contributed by atoms with van der Waals surface area (Å²) in [5.41, 5.74) is 0. The minimum atomic E-state index is -1.32. The standard InChI is InChI=1S/C7H11N5O4/c13-2-4(6(14)15)11-7(16)8-1-5-9-3-10-12-5/h3-4,13H,1-2H2,(H,14,15)(H2,8,11,16)(H,9,10,12)/t4-/m1/s1. The number of carboxylic acids is 1. The van der Waals surface area contributed by atoms with Crippen LogP contribution in [-0.4, -0.2) is 50.0 Å². The third-order valence-electron chi connectivity index (χ3n) is 1.67. The van der Waals surface area contributed by atoms with E-state index < -0.39 is 24.6 Å². The first-order valence-electron chi connectivity index (χ1n) is 4.35. The molecular formula is C7H11N5O4. The molecule has 0 aliphatic carbocycles. The van der Waals surface area contributed by atoms with Crippen molar-refractivity contribution in [2.75, 3.05) is 6.61 Å². The third-order valence-corrected chi connectivity index (χ3v) is 1.67. The van der Waals surface area contributed by atoms with E-state index in [0.29, 0.717) is 5.82 Å². The number of amides is 2. The maximum Gasteiger partial charge on any atom is 0.328 e. The lowest BCUT2D eigenvalue weighted by Crippen LogP contribution is -2.47. The lowest BCUT2D eigenvalue weighted by molar-refractivity contribution is -0.140. The zero-order chi connectivity index (χ0) is 12.0. The zero-order valence-corrected chi connectivity index (χ0v) is 8.17. The molecule has 9 heteroatoms. The van der Waals surface area contributed by atoms with Crippen LogP contribution in [0.5, 0.6) is 0 Å². The Morgan fingerprint density at radius 2 is 2.31 bits per heavy atom. The second-order valence-electron chi connectivity index (χ2n) is 2.83. The van der Waals surface area contributed by atoms with Gasteiger partial charge in [0.15, 0.2) is 6.04 Å². The monoisotopic (exact) mass is 229 g/mol. The third kappa shape index (κ3) is 3.53. The molecule has 2 amide bonds. The average molecular weight is 229 g/mol. The van der Waals surface area contributed by atoms with Gasteiger partial charge >= 0.3 is 12.0 Å². The normalized spacial score (nSPS) is 11.8. The van der Waals surface area contributed by atoms with E-state index in [4.69, 9.17) is 10.2 Å². The van der Waals surface area contributed by atoms with Crippen molar-refractivity contribution in [3.63, 3.8) is 0 Å². The number of nitrogens with one attached hydrogen (secondary N) is 3. The van der Waals surface area contributed by atoms with E-state index in [0.717, 1.165) is 0 Å². The number of urea groups is 1. The van der Waals surface area contributed by atoms with Crippen LogP contribution in [0.15, 0.2) is 6.33 Å². The van der Waals surface area contributed by atoms with Crippen molar-refractivity contribution in [3.05, 3.63) is 12.2 Å². The molecule has 0 spiro atoms. The Morgan fingerprint density at radius 3 is 2.81 bits per heavy atom. The number of hydrogen-bond acceptors (Lipinski definition) is 5. The summed E-state index contributed by atoms with van der Waals surface area (Å²) in [5.74, 6) is -0.872. The molecule has 0 aliphatic heterocycles. The molecule has 0 aliphatic rings. The van der Waals surface area contributed by atoms with Crippen LogP contribution >= 0.6 is 0 Å². The van der Waals surface area contributed by atoms with Crippen LogP contribution < -0.4 is 10.6 Å². The number of hydrogen-bond donors (Lipinski definition) is 5. The topological polar surface area (TPSA) is 140 Å². The highest BCUT2D eigenvalue weighted by Crippen LogP contribution is 1.85. The van der Waals surface area contributed by atoms with E-state index in [-0.39, 0.29) is 6.54 Å². The van der Waals surface area contributed by atoms with Gasteiger partial charge in [0.05, 0.1) is 13.2 Å². The van der Waals surface area contributed by atoms with Gasteiger partial charge in [-0.2, -0.15) is 5.10 Å². The van der Waals surface area contributed by atoms with Gasteiger partial charge in [-0.15, -0.1) is 0 Å². The predicted molar refractivity (Wildman–Crippen MR) is 50.3 cm³/mol. The van der Waals surface area contributed by atoms with Gasteiger partial charge in [-0.1, -0.05) is 0 Å². The van der Waals surface area contributed by atoms with Crippen molar-refractivity contribution in [2.24, 2.45) is 0 Å². The lowest BCUT2D eigenvalue weighted by Gasteiger charge is -2.11. The van der Waals surface area contributed by atoms with Gasteiger partial charge < -0.3 is 20.8 Å². The number of nitrogens with zero attached hydrogens (tertiary/aromatic N) is 2. The maximum atomic E-state index is 11.2. The number of aromatic amines is 1. The largest absolute Gasteiger partial charge is 0.480 e. The Kier molecular flexibility index (Phi) is 4.21. The van der Waals surface area contributed by atoms with E-state index in [1.165, 1.54) is 6.33 Å². The van der Waals surface area contributed by atoms with Gasteiger partial charge in [-0.05, 0) is 0 Å². The van der Waals surface area contributed by atoms with Crippen molar-refractivity contribution >= 4 is 12.0 Å². The Hall–Kier alpha value is -2.16. The molecule has 0 fully saturated rings. The average Bonchev–Trinajstić information content (AvgIpc) is 2.75. The molecule has 16 heavy (non-hydrogen) atoms. The smallest absolute Gasteiger partial charge is 0.328 e. The first-order chi connectivity index (χ1) is 7.63. The van der Waals surface area contributed by atoms with E-state index in [1.807, 2.05) is 0 Å². The molecule has 0 saturated carbocycles. The Bertz CT molecular complexity index is 352. The van der Waals surface area contributed by atoms with Gasteiger partial charge in [0.25, 0.3) is 0 Å². The number of carbonyl (C=O) groups excluding carboxylic acids is 1. The number of aromatic nitrogens is 3. The molecule has 1 atom stereocenters. The summed E-state index contributed by atoms with van der Waals surface area (Å²) in [7, 11) is 0. The number of aliphatic hydroxyl groups excluding tert-OH is 1. The summed E-state index contributed by atoms with van der Waals surface area (Å²) >= 11 is 0. The van der Waals surface area contributed by atoms with Crippen LogP contribution in [0.2, 0.25) is 0 Å². The second-order valence-corrected chi connectivity index (χ2v) is 2.83. The summed E-state index contributed by atoms with van der Waals surface area (Å²) in [6, 6.07) is -2.03. The Morgan fingerprint density at radius 1 is 1.56 bits per heavy atom. The molecule has 1 aromatic rings. The highest BCUT2D eigenvalue weighted by Gasteiger charge is 2.18. The minimum Gasteiger partial charge on any atom is -0.480 e. The number of H-pyrrole nitrogens is 1. The molecule has 0 unspecified atom stereocenters. The van der Waals surface area contributed by atoms with Gasteiger partial charge in [-0.25, -0.2) is 14.6 Å². The van der Waals surface area contributed by atoms with Crippen molar-refractivity contribution in [2.45, 2.75) is 12.6 Å². The van der Waals surface area contributed by atoms with Crippen molar-refractivity contribution in [1.82, 2.24) is 25.8 Å². The molecular weight excluding hydrogens is 218 g/mol. The fourth-order valence-corrected chi connectivity index (χ4v) is 0.875. The maximum absolute atomic E-state index is 11.2. The summed E-state index contributed by atoms with van der Waals surface area (Å²) in [5, 5.41) is 27.7. The predicted octanol–water partition coefficient (Wildman–Crippen LogP) is -1.95. The highest BCUT2D eigenvalue weighted by molar-refractivity contribution is 5.82. The van der Waals surface area contributed by atoms with Crippen LogP contribution in [0.25, 0.3) is 0 Å². The van der Waals surface area contributed by atoms with Gasteiger partial charge in [0.2, 0.25) is 0 Å². The number of rotatable bonds is 5. The fourth-order valence-electron chi connectivity index (χ4n) is 0.875. The van der Waals surface area contributed by atoms with Crippen molar-refractivity contribution < 1.29 is 19.8 Å². The first-order valence-corrected chi connectivity index (χ1v) is 4.35. The highest BCUT2D eigenvalue weighted by atomic mass is 16.4. The van der Waals surface area contributed by atoms with E-state index >= 15 is 0 Å². The molecule has 1 heterocycles. The summed E-state index contributed by atoms with van der Waals surface area (Å²) in [6.07, 6.45) is 1.28. The molecule has 0 bridgehead atoms. The molecule has 9 nitrogen and oxygen atoms in total. The Balaban J connectivity index is 2.33. The molecule has 5 N–H and O–H groups in total. The number of aliphatic hydroxyl groups is 1. The fraction of sp³-hybridized carbons (Fsp3) is 0.429. The van der Waals surface area contributed by atoms with Crippen molar-refractivity contribution in [3.8, 4) is 0 Å². The van der Waals surface area contributed by atoms with Crippen LogP contribution in [0.3, 0.4) is 0 Å². The summed E-state index contributed by atoms with van der Waals surface area (Å²) < 4.78 is 0. The van der Waals surface area contributed by atoms with Gasteiger partial charge in [-0.3, -0.25) is 5.10 Å². The van der Waals surface area contributed by atoms with E-state index in [9.17, 15) is 9.59 Å². The molecule has 1 rings (SSSR count). The van der Waals surface area contributed by atoms with Crippen LogP contribution in [-0.2, 0) is 11.3 Å². The van der Waals surface area contributed by atoms with Gasteiger partial charge in [0.1, 0.15) is 12.2 Å². The number of aliphatic carboxylic acids is 1. The number of carboxylic acid groups (broad SMARTS) is 1. The molecule has 1 aromatic heterocycles. The number of carbonyl (C=O) groups is 2. The zero-order valence-electron chi connectivity index (χ0n) is 8.17. The van der Waals surface area contributed by atoms with Crippen molar-refractivity contribution in [1.29, 1.82) is 0 Å². The lowest BCUT2D eigenvalue weighted by atomic mass is 10.3. The first kappa shape index (κ1) is 11.9. The van der Waals surface area contributed by atoms with Crippen LogP contribution in [0.1, 0.15) is 5.82 Å². The van der Waals surface area contributed by atoms with Crippen LogP contribution in [0.4, 0.5) is 4.79 Å². The molecule has 0 saturated heterocycles. The van der Waals surface area contributed by atoms with E-state index in [2.05, 4.69) is 25.8 Å². The molecule has 0 aromatic carbocycles. The summed E-state index contributed by atoms with van der Waals surface area (Å²) in [6.45, 7) is -0.589. The van der Waals surface area contributed by atoms with Gasteiger partial charge in [0, 0.05) is 0 Å². The SMILES string of the molecule is O=C(NCc1ncn[nH]1)N[C@H](CO)C(=O)O. The quantitative estimate of drug-likeness (QED) is 0.397.